The summed E-state index contributed by atoms with van der Waals surface area (Å²) in [4.78, 5) is 0. The van der Waals surface area contributed by atoms with Gasteiger partial charge in [-0.25, -0.2) is 8.78 Å². The Morgan fingerprint density at radius 2 is 1.69 bits per heavy atom. The molecule has 0 unspecified atom stereocenters. The Bertz CT molecular complexity index is 541. The van der Waals surface area contributed by atoms with Gasteiger partial charge < -0.3 is 9.98 Å². The minimum Gasteiger partial charge on any atom is -0.350 e. The summed E-state index contributed by atoms with van der Waals surface area (Å²) in [6.07, 6.45) is 3.45. The topological polar surface area (TPSA) is 28.8 Å². The second kappa shape index (κ2) is 4.26. The fourth-order valence-corrected chi connectivity index (χ4v) is 1.41. The van der Waals surface area contributed by atoms with Gasteiger partial charge in [0.1, 0.15) is 0 Å². The van der Waals surface area contributed by atoms with Gasteiger partial charge >= 0.3 is 0 Å². The average Bonchev–Trinajstić information content (AvgIpc) is 2.27. The summed E-state index contributed by atoms with van der Waals surface area (Å²) in [5.41, 5.74) is 0.682. The van der Waals surface area contributed by atoms with E-state index in [9.17, 15) is 8.78 Å². The number of rotatable bonds is 2. The first-order valence-corrected chi connectivity index (χ1v) is 4.80. The van der Waals surface area contributed by atoms with Crippen LogP contribution in [0.2, 0.25) is 0 Å². The Hall–Kier alpha value is -1.97. The lowest BCUT2D eigenvalue weighted by Gasteiger charge is -2.06. The first-order chi connectivity index (χ1) is 7.65. The zero-order chi connectivity index (χ0) is 11.5. The Morgan fingerprint density at radius 1 is 1.00 bits per heavy atom. The first kappa shape index (κ1) is 10.5. The fraction of sp³-hybridized carbons (Fsp3) is 0.0833. The number of nitrogens with zero attached hydrogens (tertiary/aromatic N) is 1. The summed E-state index contributed by atoms with van der Waals surface area (Å²) < 4.78 is 27.4. The van der Waals surface area contributed by atoms with E-state index < -0.39 is 11.6 Å². The van der Waals surface area contributed by atoms with Crippen LogP contribution in [0.1, 0.15) is 5.56 Å². The number of hydrogen-bond acceptors (Lipinski definition) is 1. The molecule has 0 fully saturated rings. The standard InChI is InChI=1S/C12H10F2N2/c13-11-2-1-9(7-12(11)14)8-16-5-3-10(15)4-6-16/h1-7,15H,8H2. The first-order valence-electron chi connectivity index (χ1n) is 4.80. The van der Waals surface area contributed by atoms with Crippen molar-refractivity contribution in [1.29, 1.82) is 5.41 Å². The minimum atomic E-state index is -0.838. The molecule has 0 radical (unpaired) electrons. The molecule has 82 valence electrons. The smallest absolute Gasteiger partial charge is 0.159 e. The maximum atomic E-state index is 12.9. The molecule has 0 atom stereocenters. The van der Waals surface area contributed by atoms with Crippen molar-refractivity contribution in [3.8, 4) is 0 Å². The summed E-state index contributed by atoms with van der Waals surface area (Å²) >= 11 is 0. The van der Waals surface area contributed by atoms with Gasteiger partial charge in [-0.3, -0.25) is 0 Å². The quantitative estimate of drug-likeness (QED) is 0.804. The van der Waals surface area contributed by atoms with Gasteiger partial charge in [-0.05, 0) is 29.8 Å². The highest BCUT2D eigenvalue weighted by atomic mass is 19.2. The molecule has 0 saturated heterocycles. The number of hydrogen-bond donors (Lipinski definition) is 1. The number of benzene rings is 1. The van der Waals surface area contributed by atoms with Crippen molar-refractivity contribution in [1.82, 2.24) is 4.57 Å². The van der Waals surface area contributed by atoms with E-state index in [0.717, 1.165) is 6.07 Å². The van der Waals surface area contributed by atoms with Crippen molar-refractivity contribution in [2.24, 2.45) is 0 Å². The van der Waals surface area contributed by atoms with Gasteiger partial charge in [0.2, 0.25) is 0 Å². The van der Waals surface area contributed by atoms with E-state index in [-0.39, 0.29) is 0 Å². The van der Waals surface area contributed by atoms with Gasteiger partial charge in [0.25, 0.3) is 0 Å². The normalized spacial score (nSPS) is 10.4. The van der Waals surface area contributed by atoms with Gasteiger partial charge in [0.15, 0.2) is 11.6 Å². The maximum absolute atomic E-state index is 12.9. The monoisotopic (exact) mass is 220 g/mol. The molecular formula is C12H10F2N2. The largest absolute Gasteiger partial charge is 0.350 e. The molecule has 0 amide bonds. The molecule has 0 saturated carbocycles. The Morgan fingerprint density at radius 3 is 2.31 bits per heavy atom. The van der Waals surface area contributed by atoms with Gasteiger partial charge in [-0.15, -0.1) is 0 Å². The third kappa shape index (κ3) is 2.34. The highest BCUT2D eigenvalue weighted by molar-refractivity contribution is 5.18. The SMILES string of the molecule is N=c1ccn(Cc2ccc(F)c(F)c2)cc1. The molecule has 2 nitrogen and oxygen atoms in total. The average molecular weight is 220 g/mol. The lowest BCUT2D eigenvalue weighted by molar-refractivity contribution is 0.506. The van der Waals surface area contributed by atoms with Crippen LogP contribution in [0, 0.1) is 17.0 Å². The summed E-state index contributed by atoms with van der Waals surface area (Å²) in [6.45, 7) is 0.456. The van der Waals surface area contributed by atoms with Crippen LogP contribution in [0.25, 0.3) is 0 Å². The molecule has 2 rings (SSSR count). The summed E-state index contributed by atoms with van der Waals surface area (Å²) in [6, 6.07) is 7.11. The van der Waals surface area contributed by atoms with Gasteiger partial charge in [-0.2, -0.15) is 0 Å². The highest BCUT2D eigenvalue weighted by Gasteiger charge is 2.02. The van der Waals surface area contributed by atoms with Crippen molar-refractivity contribution < 1.29 is 8.78 Å². The van der Waals surface area contributed by atoms with E-state index in [1.807, 2.05) is 0 Å². The number of nitrogens with one attached hydrogen (secondary N) is 1. The number of halogens is 2. The van der Waals surface area contributed by atoms with E-state index >= 15 is 0 Å². The van der Waals surface area contributed by atoms with Crippen molar-refractivity contribution >= 4 is 0 Å². The molecular weight excluding hydrogens is 210 g/mol. The molecule has 2 aromatic rings. The van der Waals surface area contributed by atoms with Crippen LogP contribution < -0.4 is 5.36 Å². The van der Waals surface area contributed by atoms with Crippen molar-refractivity contribution in [3.05, 3.63) is 65.3 Å². The molecule has 0 spiro atoms. The van der Waals surface area contributed by atoms with Crippen LogP contribution in [0.15, 0.2) is 42.7 Å². The molecule has 16 heavy (non-hydrogen) atoms. The molecule has 4 heteroatoms. The third-order valence-electron chi connectivity index (χ3n) is 2.24. The zero-order valence-corrected chi connectivity index (χ0v) is 8.45. The van der Waals surface area contributed by atoms with Crippen LogP contribution in [0.4, 0.5) is 8.78 Å². The van der Waals surface area contributed by atoms with Crippen LogP contribution in [-0.4, -0.2) is 4.57 Å². The highest BCUT2D eigenvalue weighted by Crippen LogP contribution is 2.09. The number of aromatic nitrogens is 1. The van der Waals surface area contributed by atoms with Gasteiger partial charge in [0.05, 0.1) is 5.36 Å². The third-order valence-corrected chi connectivity index (χ3v) is 2.24. The molecule has 1 aromatic heterocycles. The predicted molar refractivity (Wildman–Crippen MR) is 55.7 cm³/mol. The van der Waals surface area contributed by atoms with Crippen molar-refractivity contribution in [2.45, 2.75) is 6.54 Å². The number of pyridine rings is 1. The zero-order valence-electron chi connectivity index (χ0n) is 8.45. The fourth-order valence-electron chi connectivity index (χ4n) is 1.41. The Labute approximate surface area is 91.3 Å². The van der Waals surface area contributed by atoms with E-state index in [0.29, 0.717) is 17.5 Å². The van der Waals surface area contributed by atoms with E-state index in [2.05, 4.69) is 0 Å². The molecule has 1 aromatic carbocycles. The van der Waals surface area contributed by atoms with Crippen molar-refractivity contribution in [2.75, 3.05) is 0 Å². The second-order valence-electron chi connectivity index (χ2n) is 3.51. The van der Waals surface area contributed by atoms with Crippen LogP contribution in [-0.2, 0) is 6.54 Å². The lowest BCUT2D eigenvalue weighted by Crippen LogP contribution is -2.05. The van der Waals surface area contributed by atoms with E-state index in [1.54, 1.807) is 35.2 Å². The molecule has 0 aliphatic rings. The van der Waals surface area contributed by atoms with Gasteiger partial charge in [-0.1, -0.05) is 6.07 Å². The van der Waals surface area contributed by atoms with Crippen LogP contribution in [0.3, 0.4) is 0 Å². The maximum Gasteiger partial charge on any atom is 0.159 e. The summed E-state index contributed by atoms with van der Waals surface area (Å²) in [5, 5.41) is 7.73. The van der Waals surface area contributed by atoms with Crippen molar-refractivity contribution in [3.63, 3.8) is 0 Å². The predicted octanol–water partition coefficient (Wildman–Crippen LogP) is 2.29. The Kier molecular flexibility index (Phi) is 2.81. The van der Waals surface area contributed by atoms with Gasteiger partial charge in [0, 0.05) is 18.9 Å². The molecule has 1 heterocycles. The van der Waals surface area contributed by atoms with Crippen LogP contribution >= 0.6 is 0 Å². The summed E-state index contributed by atoms with van der Waals surface area (Å²) in [5.74, 6) is -1.68. The molecule has 0 aliphatic heterocycles. The minimum absolute atomic E-state index is 0.418. The molecule has 1 N–H and O–H groups in total. The lowest BCUT2D eigenvalue weighted by atomic mass is 10.2. The molecule has 0 aliphatic carbocycles. The van der Waals surface area contributed by atoms with Crippen LogP contribution in [0.5, 0.6) is 0 Å². The second-order valence-corrected chi connectivity index (χ2v) is 3.51. The summed E-state index contributed by atoms with van der Waals surface area (Å²) in [7, 11) is 0. The van der Waals surface area contributed by atoms with E-state index in [1.165, 1.54) is 6.07 Å². The Balaban J connectivity index is 2.23. The molecule has 0 bridgehead atoms. The van der Waals surface area contributed by atoms with E-state index in [4.69, 9.17) is 5.41 Å².